The van der Waals surface area contributed by atoms with Crippen molar-refractivity contribution in [3.8, 4) is 11.5 Å². The SMILES string of the molecule is COc1cc(C(N)CO)ccc1OC1CCOCC1. The van der Waals surface area contributed by atoms with E-state index in [4.69, 9.17) is 25.1 Å². The summed E-state index contributed by atoms with van der Waals surface area (Å²) in [5.74, 6) is 1.36. The first kappa shape index (κ1) is 14.1. The van der Waals surface area contributed by atoms with Gasteiger partial charge in [0.2, 0.25) is 0 Å². The lowest BCUT2D eigenvalue weighted by molar-refractivity contribution is 0.0245. The van der Waals surface area contributed by atoms with Crippen molar-refractivity contribution in [1.29, 1.82) is 0 Å². The molecule has 0 bridgehead atoms. The van der Waals surface area contributed by atoms with E-state index in [1.807, 2.05) is 18.2 Å². The lowest BCUT2D eigenvalue weighted by atomic mass is 10.1. The third-order valence-electron chi connectivity index (χ3n) is 3.27. The van der Waals surface area contributed by atoms with E-state index in [9.17, 15) is 0 Å². The molecule has 1 aromatic rings. The number of nitrogens with two attached hydrogens (primary N) is 1. The van der Waals surface area contributed by atoms with Crippen LogP contribution in [0.5, 0.6) is 11.5 Å². The Morgan fingerprint density at radius 2 is 2.11 bits per heavy atom. The molecule has 1 aromatic carbocycles. The maximum Gasteiger partial charge on any atom is 0.161 e. The van der Waals surface area contributed by atoms with Gasteiger partial charge in [-0.3, -0.25) is 0 Å². The van der Waals surface area contributed by atoms with Crippen molar-refractivity contribution in [2.75, 3.05) is 26.9 Å². The van der Waals surface area contributed by atoms with Gasteiger partial charge >= 0.3 is 0 Å². The van der Waals surface area contributed by atoms with Crippen molar-refractivity contribution in [2.45, 2.75) is 25.0 Å². The third-order valence-corrected chi connectivity index (χ3v) is 3.27. The average molecular weight is 267 g/mol. The number of ether oxygens (including phenoxy) is 3. The maximum atomic E-state index is 9.07. The summed E-state index contributed by atoms with van der Waals surface area (Å²) in [5.41, 5.74) is 6.62. The van der Waals surface area contributed by atoms with E-state index in [0.717, 1.165) is 31.6 Å². The number of hydrogen-bond donors (Lipinski definition) is 2. The summed E-state index contributed by atoms with van der Waals surface area (Å²) in [5, 5.41) is 9.07. The van der Waals surface area contributed by atoms with Gasteiger partial charge < -0.3 is 25.1 Å². The van der Waals surface area contributed by atoms with Crippen LogP contribution in [0.3, 0.4) is 0 Å². The molecule has 0 saturated carbocycles. The number of rotatable bonds is 5. The third kappa shape index (κ3) is 3.59. The molecule has 106 valence electrons. The van der Waals surface area contributed by atoms with Gasteiger partial charge in [-0.25, -0.2) is 0 Å². The smallest absolute Gasteiger partial charge is 0.161 e. The lowest BCUT2D eigenvalue weighted by Crippen LogP contribution is -2.26. The fourth-order valence-corrected chi connectivity index (χ4v) is 2.09. The highest BCUT2D eigenvalue weighted by Gasteiger charge is 2.18. The average Bonchev–Trinajstić information content (AvgIpc) is 2.48. The van der Waals surface area contributed by atoms with E-state index in [1.54, 1.807) is 7.11 Å². The molecule has 2 rings (SSSR count). The molecule has 3 N–H and O–H groups in total. The minimum absolute atomic E-state index is 0.0939. The zero-order chi connectivity index (χ0) is 13.7. The fraction of sp³-hybridized carbons (Fsp3) is 0.571. The number of aliphatic hydroxyl groups excluding tert-OH is 1. The first-order valence-corrected chi connectivity index (χ1v) is 6.53. The Morgan fingerprint density at radius 1 is 1.37 bits per heavy atom. The summed E-state index contributed by atoms with van der Waals surface area (Å²) in [6.07, 6.45) is 1.95. The van der Waals surface area contributed by atoms with Gasteiger partial charge in [0, 0.05) is 12.8 Å². The van der Waals surface area contributed by atoms with E-state index in [2.05, 4.69) is 0 Å². The van der Waals surface area contributed by atoms with Crippen LogP contribution < -0.4 is 15.2 Å². The topological polar surface area (TPSA) is 73.9 Å². The number of methoxy groups -OCH3 is 1. The largest absolute Gasteiger partial charge is 0.493 e. The van der Waals surface area contributed by atoms with Crippen molar-refractivity contribution in [3.63, 3.8) is 0 Å². The first-order valence-electron chi connectivity index (χ1n) is 6.53. The zero-order valence-electron chi connectivity index (χ0n) is 11.2. The van der Waals surface area contributed by atoms with Crippen molar-refractivity contribution in [3.05, 3.63) is 23.8 Å². The molecule has 1 unspecified atom stereocenters. The molecular weight excluding hydrogens is 246 g/mol. The zero-order valence-corrected chi connectivity index (χ0v) is 11.2. The second kappa shape index (κ2) is 6.75. The Labute approximate surface area is 113 Å². The van der Waals surface area contributed by atoms with E-state index in [0.29, 0.717) is 11.5 Å². The van der Waals surface area contributed by atoms with Crippen LogP contribution in [0.2, 0.25) is 0 Å². The quantitative estimate of drug-likeness (QED) is 0.839. The Morgan fingerprint density at radius 3 is 2.74 bits per heavy atom. The summed E-state index contributed by atoms with van der Waals surface area (Å²) in [6.45, 7) is 1.38. The van der Waals surface area contributed by atoms with Gasteiger partial charge in [0.25, 0.3) is 0 Å². The molecule has 1 aliphatic heterocycles. The van der Waals surface area contributed by atoms with Crippen LogP contribution in [0.15, 0.2) is 18.2 Å². The van der Waals surface area contributed by atoms with Gasteiger partial charge in [0.05, 0.1) is 33.0 Å². The molecule has 5 heteroatoms. The van der Waals surface area contributed by atoms with Crippen LogP contribution in [0, 0.1) is 0 Å². The summed E-state index contributed by atoms with van der Waals surface area (Å²) in [7, 11) is 1.60. The Balaban J connectivity index is 2.11. The Bertz CT molecular complexity index is 404. The van der Waals surface area contributed by atoms with Gasteiger partial charge in [-0.2, -0.15) is 0 Å². The second-order valence-corrected chi connectivity index (χ2v) is 4.63. The normalized spacial score (nSPS) is 18.1. The first-order chi connectivity index (χ1) is 9.24. The number of hydrogen-bond acceptors (Lipinski definition) is 5. The fourth-order valence-electron chi connectivity index (χ4n) is 2.09. The van der Waals surface area contributed by atoms with Crippen LogP contribution in [-0.4, -0.2) is 38.1 Å². The molecule has 0 amide bonds. The monoisotopic (exact) mass is 267 g/mol. The van der Waals surface area contributed by atoms with Gasteiger partial charge in [0.15, 0.2) is 11.5 Å². The molecular formula is C14H21NO4. The van der Waals surface area contributed by atoms with E-state index >= 15 is 0 Å². The maximum absolute atomic E-state index is 9.07. The molecule has 1 saturated heterocycles. The molecule has 19 heavy (non-hydrogen) atoms. The number of aliphatic hydroxyl groups is 1. The van der Waals surface area contributed by atoms with E-state index in [-0.39, 0.29) is 12.7 Å². The van der Waals surface area contributed by atoms with Gasteiger partial charge in [-0.05, 0) is 17.7 Å². The highest BCUT2D eigenvalue weighted by atomic mass is 16.5. The van der Waals surface area contributed by atoms with Crippen LogP contribution in [0.1, 0.15) is 24.4 Å². The van der Waals surface area contributed by atoms with Crippen LogP contribution >= 0.6 is 0 Å². The van der Waals surface area contributed by atoms with Gasteiger partial charge in [-0.15, -0.1) is 0 Å². The summed E-state index contributed by atoms with van der Waals surface area (Å²) in [4.78, 5) is 0. The second-order valence-electron chi connectivity index (χ2n) is 4.63. The standard InChI is InChI=1S/C14H21NO4/c1-17-14-8-10(12(15)9-16)2-3-13(14)19-11-4-6-18-7-5-11/h2-3,8,11-12,16H,4-7,9,15H2,1H3. The van der Waals surface area contributed by atoms with Crippen LogP contribution in [-0.2, 0) is 4.74 Å². The van der Waals surface area contributed by atoms with Crippen molar-refractivity contribution >= 4 is 0 Å². The highest BCUT2D eigenvalue weighted by molar-refractivity contribution is 5.44. The molecule has 1 atom stereocenters. The van der Waals surface area contributed by atoms with Crippen LogP contribution in [0.25, 0.3) is 0 Å². The van der Waals surface area contributed by atoms with Crippen molar-refractivity contribution < 1.29 is 19.3 Å². The Hall–Kier alpha value is -1.30. The minimum atomic E-state index is -0.397. The molecule has 1 aliphatic rings. The molecule has 1 heterocycles. The predicted octanol–water partition coefficient (Wildman–Crippen LogP) is 1.25. The van der Waals surface area contributed by atoms with Crippen molar-refractivity contribution in [2.24, 2.45) is 5.73 Å². The minimum Gasteiger partial charge on any atom is -0.493 e. The van der Waals surface area contributed by atoms with Crippen molar-refractivity contribution in [1.82, 2.24) is 0 Å². The Kier molecular flexibility index (Phi) is 5.01. The predicted molar refractivity (Wildman–Crippen MR) is 71.5 cm³/mol. The van der Waals surface area contributed by atoms with E-state index in [1.165, 1.54) is 0 Å². The molecule has 5 nitrogen and oxygen atoms in total. The van der Waals surface area contributed by atoms with Gasteiger partial charge in [0.1, 0.15) is 6.10 Å². The van der Waals surface area contributed by atoms with Gasteiger partial charge in [-0.1, -0.05) is 6.07 Å². The summed E-state index contributed by atoms with van der Waals surface area (Å²) >= 11 is 0. The summed E-state index contributed by atoms with van der Waals surface area (Å²) < 4.78 is 16.6. The number of benzene rings is 1. The molecule has 0 aromatic heterocycles. The molecule has 0 spiro atoms. The lowest BCUT2D eigenvalue weighted by Gasteiger charge is -2.24. The van der Waals surface area contributed by atoms with Crippen LogP contribution in [0.4, 0.5) is 0 Å². The van der Waals surface area contributed by atoms with E-state index < -0.39 is 6.04 Å². The highest BCUT2D eigenvalue weighted by Crippen LogP contribution is 2.31. The molecule has 1 fully saturated rings. The molecule has 0 aliphatic carbocycles. The molecule has 0 radical (unpaired) electrons. The summed E-state index contributed by atoms with van der Waals surface area (Å²) in [6, 6.07) is 5.12.